The normalized spacial score (nSPS) is 22.7. The lowest BCUT2D eigenvalue weighted by Crippen LogP contribution is -2.48. The first kappa shape index (κ1) is 22.5. The summed E-state index contributed by atoms with van der Waals surface area (Å²) in [6, 6.07) is 0.800. The highest BCUT2D eigenvalue weighted by atomic mass is 19.4. The van der Waals surface area contributed by atoms with Crippen LogP contribution in [0.25, 0.3) is 11.4 Å². The van der Waals surface area contributed by atoms with Gasteiger partial charge in [0.15, 0.2) is 5.82 Å². The standard InChI is InChI=1S/C21H28F3N7O/c1-13-12-32-14(2)11-31(13)20-28-18(15-10-26-17(25)9-16(15)21(22,23)24)27-19(29-20)30-7-5-3-4-6-8-30/h9-10,13-14H,3-8,11-12H2,1-2H3,(H2,25,26)/t13-,14-/m0/s1. The van der Waals surface area contributed by atoms with Crippen molar-refractivity contribution >= 4 is 17.7 Å². The minimum atomic E-state index is -4.62. The van der Waals surface area contributed by atoms with E-state index < -0.39 is 11.7 Å². The van der Waals surface area contributed by atoms with Crippen molar-refractivity contribution in [1.82, 2.24) is 19.9 Å². The zero-order chi connectivity index (χ0) is 22.9. The van der Waals surface area contributed by atoms with Gasteiger partial charge in [-0.05, 0) is 32.8 Å². The van der Waals surface area contributed by atoms with Gasteiger partial charge in [0.2, 0.25) is 11.9 Å². The van der Waals surface area contributed by atoms with Crippen molar-refractivity contribution < 1.29 is 17.9 Å². The number of alkyl halides is 3. The average molecular weight is 451 g/mol. The summed E-state index contributed by atoms with van der Waals surface area (Å²) in [5.74, 6) is 0.476. The predicted octanol–water partition coefficient (Wildman–Crippen LogP) is 3.53. The van der Waals surface area contributed by atoms with E-state index in [1.54, 1.807) is 0 Å². The molecule has 0 aromatic carbocycles. The van der Waals surface area contributed by atoms with E-state index in [1.165, 1.54) is 0 Å². The van der Waals surface area contributed by atoms with E-state index in [9.17, 15) is 13.2 Å². The van der Waals surface area contributed by atoms with Gasteiger partial charge in [-0.25, -0.2) is 4.98 Å². The number of aromatic nitrogens is 4. The molecule has 2 aliphatic rings. The first-order chi connectivity index (χ1) is 15.2. The fourth-order valence-electron chi connectivity index (χ4n) is 4.08. The second-order valence-corrected chi connectivity index (χ2v) is 8.46. The molecule has 0 unspecified atom stereocenters. The van der Waals surface area contributed by atoms with Crippen LogP contribution in [-0.4, -0.2) is 58.3 Å². The molecule has 174 valence electrons. The number of nitrogens with zero attached hydrogens (tertiary/aromatic N) is 6. The number of morpholine rings is 1. The first-order valence-electron chi connectivity index (χ1n) is 10.9. The van der Waals surface area contributed by atoms with Crippen molar-refractivity contribution in [2.24, 2.45) is 0 Å². The monoisotopic (exact) mass is 451 g/mol. The molecule has 4 rings (SSSR count). The van der Waals surface area contributed by atoms with E-state index in [-0.39, 0.29) is 29.4 Å². The maximum Gasteiger partial charge on any atom is 0.417 e. The quantitative estimate of drug-likeness (QED) is 0.758. The van der Waals surface area contributed by atoms with Crippen molar-refractivity contribution in [3.8, 4) is 11.4 Å². The van der Waals surface area contributed by atoms with Gasteiger partial charge in [-0.15, -0.1) is 0 Å². The molecule has 2 aromatic rings. The molecule has 32 heavy (non-hydrogen) atoms. The molecule has 2 aliphatic heterocycles. The number of hydrogen-bond donors (Lipinski definition) is 1. The molecular formula is C21H28F3N7O. The fraction of sp³-hybridized carbons (Fsp3) is 0.619. The van der Waals surface area contributed by atoms with E-state index in [4.69, 9.17) is 10.5 Å². The molecular weight excluding hydrogens is 423 g/mol. The van der Waals surface area contributed by atoms with Crippen LogP contribution in [0.15, 0.2) is 12.3 Å². The lowest BCUT2D eigenvalue weighted by molar-refractivity contribution is -0.137. The molecule has 0 bridgehead atoms. The SMILES string of the molecule is C[C@H]1CN(c2nc(-c3cnc(N)cc3C(F)(F)F)nc(N3CCCCCC3)n2)[C@@H](C)CO1. The number of hydrogen-bond acceptors (Lipinski definition) is 8. The number of halogens is 3. The highest BCUT2D eigenvalue weighted by molar-refractivity contribution is 5.64. The summed E-state index contributed by atoms with van der Waals surface area (Å²) in [6.07, 6.45) is 0.616. The maximum absolute atomic E-state index is 13.8. The highest BCUT2D eigenvalue weighted by Crippen LogP contribution is 2.37. The molecule has 8 nitrogen and oxygen atoms in total. The van der Waals surface area contributed by atoms with Gasteiger partial charge in [0.1, 0.15) is 5.82 Å². The predicted molar refractivity (Wildman–Crippen MR) is 115 cm³/mol. The molecule has 2 saturated heterocycles. The van der Waals surface area contributed by atoms with Gasteiger partial charge >= 0.3 is 6.18 Å². The van der Waals surface area contributed by atoms with Crippen molar-refractivity contribution in [1.29, 1.82) is 0 Å². The van der Waals surface area contributed by atoms with Gasteiger partial charge in [-0.2, -0.15) is 28.1 Å². The van der Waals surface area contributed by atoms with Gasteiger partial charge in [-0.1, -0.05) is 12.8 Å². The highest BCUT2D eigenvalue weighted by Gasteiger charge is 2.36. The van der Waals surface area contributed by atoms with Crippen molar-refractivity contribution in [3.05, 3.63) is 17.8 Å². The second kappa shape index (κ2) is 9.05. The first-order valence-corrected chi connectivity index (χ1v) is 10.9. The van der Waals surface area contributed by atoms with Crippen LogP contribution >= 0.6 is 0 Å². The van der Waals surface area contributed by atoms with Crippen LogP contribution < -0.4 is 15.5 Å². The Kier molecular flexibility index (Phi) is 6.36. The van der Waals surface area contributed by atoms with Crippen molar-refractivity contribution in [2.75, 3.05) is 41.8 Å². The summed E-state index contributed by atoms with van der Waals surface area (Å²) >= 11 is 0. The van der Waals surface area contributed by atoms with Crippen molar-refractivity contribution in [2.45, 2.75) is 57.9 Å². The zero-order valence-electron chi connectivity index (χ0n) is 18.3. The molecule has 0 aliphatic carbocycles. The van der Waals surface area contributed by atoms with Gasteiger partial charge in [0.25, 0.3) is 0 Å². The number of nitrogens with two attached hydrogens (primary N) is 1. The zero-order valence-corrected chi connectivity index (χ0v) is 18.3. The summed E-state index contributed by atoms with van der Waals surface area (Å²) < 4.78 is 47.1. The molecule has 0 saturated carbocycles. The topological polar surface area (TPSA) is 93.3 Å². The third kappa shape index (κ3) is 4.87. The summed E-state index contributed by atoms with van der Waals surface area (Å²) in [5.41, 5.74) is 4.43. The molecule has 2 aromatic heterocycles. The molecule has 4 heterocycles. The molecule has 0 amide bonds. The number of pyridine rings is 1. The van der Waals surface area contributed by atoms with Crippen LogP contribution in [0.4, 0.5) is 30.9 Å². The Hall–Kier alpha value is -2.69. The minimum absolute atomic E-state index is 0.0231. The third-order valence-electron chi connectivity index (χ3n) is 5.84. The smallest absolute Gasteiger partial charge is 0.384 e. The maximum atomic E-state index is 13.8. The van der Waals surface area contributed by atoms with Gasteiger partial charge < -0.3 is 20.3 Å². The minimum Gasteiger partial charge on any atom is -0.384 e. The number of nitrogen functional groups attached to an aromatic ring is 1. The average Bonchev–Trinajstić information content (AvgIpc) is 3.04. The Balaban J connectivity index is 1.84. The Morgan fingerprint density at radius 2 is 1.72 bits per heavy atom. The molecule has 0 spiro atoms. The van der Waals surface area contributed by atoms with E-state index in [0.29, 0.717) is 25.0 Å². The molecule has 0 radical (unpaired) electrons. The van der Waals surface area contributed by atoms with E-state index in [0.717, 1.165) is 51.0 Å². The summed E-state index contributed by atoms with van der Waals surface area (Å²) in [7, 11) is 0. The van der Waals surface area contributed by atoms with Crippen molar-refractivity contribution in [3.63, 3.8) is 0 Å². The van der Waals surface area contributed by atoms with Gasteiger partial charge in [0.05, 0.1) is 29.9 Å². The van der Waals surface area contributed by atoms with E-state index >= 15 is 0 Å². The van der Waals surface area contributed by atoms with E-state index in [1.807, 2.05) is 23.6 Å². The number of rotatable bonds is 3. The fourth-order valence-corrected chi connectivity index (χ4v) is 4.08. The van der Waals surface area contributed by atoms with Crippen LogP contribution in [0.1, 0.15) is 45.1 Å². The van der Waals surface area contributed by atoms with E-state index in [2.05, 4.69) is 19.9 Å². The molecule has 2 fully saturated rings. The lowest BCUT2D eigenvalue weighted by atomic mass is 10.1. The Morgan fingerprint density at radius 3 is 2.41 bits per heavy atom. The van der Waals surface area contributed by atoms with Crippen LogP contribution in [0.2, 0.25) is 0 Å². The summed E-state index contributed by atoms with van der Waals surface area (Å²) in [4.78, 5) is 21.5. The third-order valence-corrected chi connectivity index (χ3v) is 5.84. The Labute approximate surface area is 185 Å². The molecule has 2 atom stereocenters. The van der Waals surface area contributed by atoms with Crippen LogP contribution in [-0.2, 0) is 10.9 Å². The summed E-state index contributed by atoms with van der Waals surface area (Å²) in [5, 5.41) is 0. The molecule has 11 heteroatoms. The van der Waals surface area contributed by atoms with Crippen LogP contribution in [0.5, 0.6) is 0 Å². The summed E-state index contributed by atoms with van der Waals surface area (Å²) in [6.45, 7) is 6.46. The largest absolute Gasteiger partial charge is 0.417 e. The molecule has 2 N–H and O–H groups in total. The van der Waals surface area contributed by atoms with Crippen LogP contribution in [0.3, 0.4) is 0 Å². The number of anilines is 3. The van der Waals surface area contributed by atoms with Crippen LogP contribution in [0, 0.1) is 0 Å². The lowest BCUT2D eigenvalue weighted by Gasteiger charge is -2.37. The second-order valence-electron chi connectivity index (χ2n) is 8.46. The number of ether oxygens (including phenoxy) is 1. The van der Waals surface area contributed by atoms with Gasteiger partial charge in [0, 0.05) is 25.8 Å². The Bertz CT molecular complexity index is 947. The Morgan fingerprint density at radius 1 is 1.03 bits per heavy atom. The van der Waals surface area contributed by atoms with Gasteiger partial charge in [-0.3, -0.25) is 0 Å².